The summed E-state index contributed by atoms with van der Waals surface area (Å²) in [5, 5.41) is 8.93. The number of rotatable bonds is 6. The number of amides is 2. The summed E-state index contributed by atoms with van der Waals surface area (Å²) >= 11 is 0. The van der Waals surface area contributed by atoms with Gasteiger partial charge in [-0.3, -0.25) is 14.9 Å². The number of hydrogen-bond donors (Lipinski definition) is 2. The van der Waals surface area contributed by atoms with Crippen LogP contribution in [0.3, 0.4) is 0 Å². The van der Waals surface area contributed by atoms with E-state index in [0.29, 0.717) is 25.5 Å². The molecule has 1 atom stereocenters. The maximum atomic E-state index is 12.4. The van der Waals surface area contributed by atoms with Crippen LogP contribution in [0.1, 0.15) is 37.2 Å². The normalized spacial score (nSPS) is 20.3. The summed E-state index contributed by atoms with van der Waals surface area (Å²) in [5.41, 5.74) is 1.57. The van der Waals surface area contributed by atoms with Gasteiger partial charge in [-0.2, -0.15) is 0 Å². The predicted molar refractivity (Wildman–Crippen MR) is 116 cm³/mol. The summed E-state index contributed by atoms with van der Waals surface area (Å²) in [7, 11) is 0. The molecular weight excluding hydrogens is 396 g/mol. The monoisotopic (exact) mass is 422 g/mol. The SMILES string of the molecule is O=C1CC[C@@H](c2coc3ccc4cc(OCCNC5CCOCC5)ccc4c23)C(=O)N1. The maximum absolute atomic E-state index is 12.4. The number of benzene rings is 2. The van der Waals surface area contributed by atoms with Crippen LogP contribution in [-0.2, 0) is 14.3 Å². The summed E-state index contributed by atoms with van der Waals surface area (Å²) < 4.78 is 17.1. The van der Waals surface area contributed by atoms with Crippen LogP contribution in [0, 0.1) is 0 Å². The Morgan fingerprint density at radius 1 is 1.10 bits per heavy atom. The van der Waals surface area contributed by atoms with E-state index < -0.39 is 0 Å². The van der Waals surface area contributed by atoms with Crippen molar-refractivity contribution in [3.8, 4) is 5.75 Å². The van der Waals surface area contributed by atoms with Crippen LogP contribution in [-0.4, -0.2) is 44.2 Å². The molecule has 0 unspecified atom stereocenters. The lowest BCUT2D eigenvalue weighted by Gasteiger charge is -2.23. The molecule has 7 heteroatoms. The smallest absolute Gasteiger partial charge is 0.234 e. The van der Waals surface area contributed by atoms with Crippen LogP contribution in [0.5, 0.6) is 5.75 Å². The van der Waals surface area contributed by atoms with Gasteiger partial charge in [0.25, 0.3) is 0 Å². The van der Waals surface area contributed by atoms with Gasteiger partial charge in [-0.05, 0) is 54.3 Å². The van der Waals surface area contributed by atoms with Crippen LogP contribution in [0.2, 0.25) is 0 Å². The lowest BCUT2D eigenvalue weighted by molar-refractivity contribution is -0.134. The standard InChI is InChI=1S/C24H26N2O5/c27-22-6-4-19(24(28)26-22)20-14-31-21-5-1-15-13-17(2-3-18(15)23(20)21)30-12-9-25-16-7-10-29-11-8-16/h1-3,5,13-14,16,19,25H,4,6-12H2,(H,26,27,28)/t19-/m0/s1. The lowest BCUT2D eigenvalue weighted by atomic mass is 9.89. The zero-order valence-electron chi connectivity index (χ0n) is 17.3. The van der Waals surface area contributed by atoms with Crippen molar-refractivity contribution >= 4 is 33.6 Å². The van der Waals surface area contributed by atoms with E-state index in [1.807, 2.05) is 30.3 Å². The highest BCUT2D eigenvalue weighted by atomic mass is 16.5. The number of piperidine rings is 1. The number of fused-ring (bicyclic) bond motifs is 3. The Bertz CT molecular complexity index is 1120. The molecule has 2 fully saturated rings. The predicted octanol–water partition coefficient (Wildman–Crippen LogP) is 3.25. The molecule has 2 saturated heterocycles. The van der Waals surface area contributed by atoms with Gasteiger partial charge >= 0.3 is 0 Å². The van der Waals surface area contributed by atoms with Crippen LogP contribution < -0.4 is 15.4 Å². The molecule has 1 aromatic heterocycles. The Morgan fingerprint density at radius 2 is 1.97 bits per heavy atom. The number of hydrogen-bond acceptors (Lipinski definition) is 6. The highest BCUT2D eigenvalue weighted by Gasteiger charge is 2.31. The zero-order valence-corrected chi connectivity index (χ0v) is 17.3. The van der Waals surface area contributed by atoms with E-state index in [2.05, 4.69) is 10.6 Å². The Labute approximate surface area is 180 Å². The third-order valence-corrected chi connectivity index (χ3v) is 6.19. The van der Waals surface area contributed by atoms with E-state index in [1.165, 1.54) is 0 Å². The van der Waals surface area contributed by atoms with E-state index >= 15 is 0 Å². The van der Waals surface area contributed by atoms with Crippen molar-refractivity contribution in [3.05, 3.63) is 42.2 Å². The average molecular weight is 422 g/mol. The largest absolute Gasteiger partial charge is 0.492 e. The lowest BCUT2D eigenvalue weighted by Crippen LogP contribution is -2.39. The quantitative estimate of drug-likeness (QED) is 0.468. The van der Waals surface area contributed by atoms with Crippen molar-refractivity contribution in [2.24, 2.45) is 0 Å². The van der Waals surface area contributed by atoms with Gasteiger partial charge in [0.1, 0.15) is 17.9 Å². The van der Waals surface area contributed by atoms with Gasteiger partial charge in [-0.25, -0.2) is 0 Å². The topological polar surface area (TPSA) is 89.8 Å². The molecule has 0 bridgehead atoms. The van der Waals surface area contributed by atoms with Gasteiger partial charge in [0.2, 0.25) is 11.8 Å². The molecule has 7 nitrogen and oxygen atoms in total. The molecule has 0 aliphatic carbocycles. The van der Waals surface area contributed by atoms with Crippen LogP contribution in [0.15, 0.2) is 41.0 Å². The first-order valence-corrected chi connectivity index (χ1v) is 10.9. The first-order valence-electron chi connectivity index (χ1n) is 10.9. The summed E-state index contributed by atoms with van der Waals surface area (Å²) in [4.78, 5) is 23.9. The van der Waals surface area contributed by atoms with Crippen molar-refractivity contribution in [1.29, 1.82) is 0 Å². The highest BCUT2D eigenvalue weighted by Crippen LogP contribution is 2.37. The first kappa shape index (κ1) is 20.0. The Hall–Kier alpha value is -2.90. The zero-order chi connectivity index (χ0) is 21.2. The van der Waals surface area contributed by atoms with Gasteiger partial charge in [0.15, 0.2) is 0 Å². The molecule has 3 aromatic rings. The van der Waals surface area contributed by atoms with Gasteiger partial charge in [-0.15, -0.1) is 0 Å². The maximum Gasteiger partial charge on any atom is 0.234 e. The molecule has 5 rings (SSSR count). The van der Waals surface area contributed by atoms with E-state index in [4.69, 9.17) is 13.9 Å². The van der Waals surface area contributed by atoms with Gasteiger partial charge in [0.05, 0.1) is 12.2 Å². The van der Waals surface area contributed by atoms with Crippen LogP contribution in [0.4, 0.5) is 0 Å². The Kier molecular flexibility index (Phi) is 5.61. The van der Waals surface area contributed by atoms with Crippen LogP contribution >= 0.6 is 0 Å². The summed E-state index contributed by atoms with van der Waals surface area (Å²) in [6, 6.07) is 10.4. The second-order valence-electron chi connectivity index (χ2n) is 8.21. The number of nitrogens with one attached hydrogen (secondary N) is 2. The molecule has 2 aromatic carbocycles. The fraction of sp³-hybridized carbons (Fsp3) is 0.417. The number of ether oxygens (including phenoxy) is 2. The van der Waals surface area contributed by atoms with E-state index in [0.717, 1.165) is 65.7 Å². The van der Waals surface area contributed by atoms with Crippen molar-refractivity contribution in [2.45, 2.75) is 37.6 Å². The molecule has 2 aliphatic rings. The highest BCUT2D eigenvalue weighted by molar-refractivity contribution is 6.10. The molecule has 0 spiro atoms. The molecule has 2 aliphatic heterocycles. The number of carbonyl (C=O) groups excluding carboxylic acids is 2. The van der Waals surface area contributed by atoms with E-state index in [9.17, 15) is 9.59 Å². The van der Waals surface area contributed by atoms with Gasteiger partial charge < -0.3 is 19.2 Å². The van der Waals surface area contributed by atoms with Crippen LogP contribution in [0.25, 0.3) is 21.7 Å². The molecule has 3 heterocycles. The molecule has 0 saturated carbocycles. The first-order chi connectivity index (χ1) is 15.2. The average Bonchev–Trinajstić information content (AvgIpc) is 3.21. The van der Waals surface area contributed by atoms with Crippen molar-refractivity contribution in [1.82, 2.24) is 10.6 Å². The number of carbonyl (C=O) groups is 2. The molecular formula is C24H26N2O5. The molecule has 31 heavy (non-hydrogen) atoms. The Morgan fingerprint density at radius 3 is 2.81 bits per heavy atom. The third-order valence-electron chi connectivity index (χ3n) is 6.19. The molecule has 162 valence electrons. The molecule has 2 amide bonds. The minimum atomic E-state index is -0.378. The van der Waals surface area contributed by atoms with Crippen molar-refractivity contribution in [2.75, 3.05) is 26.4 Å². The molecule has 0 radical (unpaired) electrons. The Balaban J connectivity index is 1.33. The molecule has 2 N–H and O–H groups in total. The van der Waals surface area contributed by atoms with Crippen molar-refractivity contribution in [3.63, 3.8) is 0 Å². The fourth-order valence-corrected chi connectivity index (χ4v) is 4.54. The summed E-state index contributed by atoms with van der Waals surface area (Å²) in [6.45, 7) is 3.04. The van der Waals surface area contributed by atoms with Gasteiger partial charge in [-0.1, -0.05) is 6.07 Å². The van der Waals surface area contributed by atoms with Gasteiger partial charge in [0, 0.05) is 43.2 Å². The summed E-state index contributed by atoms with van der Waals surface area (Å²) in [6.07, 6.45) is 4.58. The van der Waals surface area contributed by atoms with E-state index in [1.54, 1.807) is 6.26 Å². The van der Waals surface area contributed by atoms with Crippen molar-refractivity contribution < 1.29 is 23.5 Å². The number of furan rings is 1. The third kappa shape index (κ3) is 4.16. The fourth-order valence-electron chi connectivity index (χ4n) is 4.54. The second kappa shape index (κ2) is 8.69. The number of imide groups is 1. The minimum Gasteiger partial charge on any atom is -0.492 e. The summed E-state index contributed by atoms with van der Waals surface area (Å²) in [5.74, 6) is -0.0386. The van der Waals surface area contributed by atoms with E-state index in [-0.39, 0.29) is 17.7 Å². The second-order valence-corrected chi connectivity index (χ2v) is 8.21. The minimum absolute atomic E-state index is 0.216.